The van der Waals surface area contributed by atoms with Crippen LogP contribution in [0.5, 0.6) is 0 Å². The Kier molecular flexibility index (Phi) is 3.61. The van der Waals surface area contributed by atoms with Gasteiger partial charge in [0.2, 0.25) is 0 Å². The molecule has 0 heterocycles. The van der Waals surface area contributed by atoms with Gasteiger partial charge in [0.05, 0.1) is 0 Å². The van der Waals surface area contributed by atoms with Gasteiger partial charge in [0.1, 0.15) is 0 Å². The van der Waals surface area contributed by atoms with Gasteiger partial charge in [0.25, 0.3) is 0 Å². The monoisotopic (exact) mass is 168 g/mol. The molecule has 0 nitrogen and oxygen atoms in total. The quantitative estimate of drug-likeness (QED) is 0.584. The molecule has 0 aromatic rings. The third-order valence-corrected chi connectivity index (χ3v) is 3.76. The number of hydrogen-bond acceptors (Lipinski definition) is 0. The van der Waals surface area contributed by atoms with E-state index in [-0.39, 0.29) is 0 Å². The van der Waals surface area contributed by atoms with E-state index in [1.54, 1.807) is 0 Å². The molecule has 0 radical (unpaired) electrons. The fourth-order valence-electron chi connectivity index (χ4n) is 2.77. The van der Waals surface area contributed by atoms with Crippen LogP contribution in [0.2, 0.25) is 0 Å². The van der Waals surface area contributed by atoms with Crippen LogP contribution in [0.1, 0.15) is 65.7 Å². The Morgan fingerprint density at radius 3 is 2.50 bits per heavy atom. The topological polar surface area (TPSA) is 0 Å². The van der Waals surface area contributed by atoms with E-state index in [4.69, 9.17) is 0 Å². The average Bonchev–Trinajstić information content (AvgIpc) is 2.45. The second-order valence-electron chi connectivity index (χ2n) is 4.81. The lowest BCUT2D eigenvalue weighted by atomic mass is 9.78. The molecule has 0 bridgehead atoms. The molecule has 0 heteroatoms. The van der Waals surface area contributed by atoms with Crippen molar-refractivity contribution in [2.75, 3.05) is 0 Å². The van der Waals surface area contributed by atoms with Crippen molar-refractivity contribution in [1.82, 2.24) is 0 Å². The lowest BCUT2D eigenvalue weighted by Crippen LogP contribution is -2.15. The van der Waals surface area contributed by atoms with Crippen molar-refractivity contribution < 1.29 is 0 Å². The molecular formula is C12H24. The van der Waals surface area contributed by atoms with Crippen molar-refractivity contribution in [3.8, 4) is 0 Å². The van der Waals surface area contributed by atoms with E-state index in [0.717, 1.165) is 11.3 Å². The molecule has 2 unspecified atom stereocenters. The van der Waals surface area contributed by atoms with Crippen molar-refractivity contribution in [2.24, 2.45) is 11.3 Å². The van der Waals surface area contributed by atoms with Crippen molar-refractivity contribution in [3.63, 3.8) is 0 Å². The molecular weight excluding hydrogens is 144 g/mol. The summed E-state index contributed by atoms with van der Waals surface area (Å²) in [5, 5.41) is 0. The van der Waals surface area contributed by atoms with Crippen molar-refractivity contribution in [1.29, 1.82) is 0 Å². The highest BCUT2D eigenvalue weighted by Crippen LogP contribution is 2.47. The number of unbranched alkanes of at least 4 members (excludes halogenated alkanes) is 1. The largest absolute Gasteiger partial charge is 0.0654 e. The van der Waals surface area contributed by atoms with Crippen LogP contribution >= 0.6 is 0 Å². The highest BCUT2D eigenvalue weighted by Gasteiger charge is 2.34. The number of hydrogen-bond donors (Lipinski definition) is 0. The van der Waals surface area contributed by atoms with Gasteiger partial charge < -0.3 is 0 Å². The molecule has 1 rings (SSSR count). The fraction of sp³-hybridized carbons (Fsp3) is 1.00. The van der Waals surface area contributed by atoms with E-state index < -0.39 is 0 Å². The molecule has 0 aromatic heterocycles. The van der Waals surface area contributed by atoms with Crippen molar-refractivity contribution in [3.05, 3.63) is 0 Å². The molecule has 0 saturated heterocycles. The first-order chi connectivity index (χ1) is 5.72. The predicted octanol–water partition coefficient (Wildman–Crippen LogP) is 4.39. The molecule has 12 heavy (non-hydrogen) atoms. The molecule has 2 atom stereocenters. The molecule has 0 aliphatic heterocycles. The summed E-state index contributed by atoms with van der Waals surface area (Å²) < 4.78 is 0. The smallest absolute Gasteiger partial charge is 0.0297 e. The van der Waals surface area contributed by atoms with Gasteiger partial charge in [-0.15, -0.1) is 0 Å². The lowest BCUT2D eigenvalue weighted by Gasteiger charge is -2.27. The van der Waals surface area contributed by atoms with Crippen LogP contribution in [0.15, 0.2) is 0 Å². The van der Waals surface area contributed by atoms with Gasteiger partial charge in [-0.3, -0.25) is 0 Å². The molecule has 1 aliphatic carbocycles. The highest BCUT2D eigenvalue weighted by atomic mass is 14.4. The minimum atomic E-state index is 0.759. The molecule has 0 aromatic carbocycles. The Bertz CT molecular complexity index is 128. The maximum absolute atomic E-state index is 2.42. The van der Waals surface area contributed by atoms with Gasteiger partial charge in [-0.1, -0.05) is 46.5 Å². The van der Waals surface area contributed by atoms with Gasteiger partial charge in [-0.2, -0.15) is 0 Å². The minimum Gasteiger partial charge on any atom is -0.0654 e. The average molecular weight is 168 g/mol. The summed E-state index contributed by atoms with van der Waals surface area (Å²) in [5.74, 6) is 1.00. The first-order valence-corrected chi connectivity index (χ1v) is 5.72. The summed E-state index contributed by atoms with van der Waals surface area (Å²) in [6.07, 6.45) is 10.2. The van der Waals surface area contributed by atoms with E-state index in [1.807, 2.05) is 0 Å². The summed E-state index contributed by atoms with van der Waals surface area (Å²) >= 11 is 0. The van der Waals surface area contributed by atoms with Crippen LogP contribution in [0.3, 0.4) is 0 Å². The molecule has 72 valence electrons. The zero-order chi connectivity index (χ0) is 9.03. The third-order valence-electron chi connectivity index (χ3n) is 3.76. The SMILES string of the molecule is CCCCC1(CC)CCC(C)C1. The van der Waals surface area contributed by atoms with Crippen LogP contribution < -0.4 is 0 Å². The zero-order valence-corrected chi connectivity index (χ0v) is 9.03. The van der Waals surface area contributed by atoms with Crippen LogP contribution in [0.25, 0.3) is 0 Å². The summed E-state index contributed by atoms with van der Waals surface area (Å²) in [6.45, 7) is 7.11. The maximum Gasteiger partial charge on any atom is -0.0297 e. The number of rotatable bonds is 4. The van der Waals surface area contributed by atoms with Crippen LogP contribution in [-0.2, 0) is 0 Å². The van der Waals surface area contributed by atoms with Gasteiger partial charge in [0, 0.05) is 0 Å². The van der Waals surface area contributed by atoms with E-state index in [0.29, 0.717) is 0 Å². The standard InChI is InChI=1S/C12H24/c1-4-6-8-12(5-2)9-7-11(3)10-12/h11H,4-10H2,1-3H3. The lowest BCUT2D eigenvalue weighted by molar-refractivity contribution is 0.243. The second-order valence-corrected chi connectivity index (χ2v) is 4.81. The van der Waals surface area contributed by atoms with Crippen LogP contribution in [0.4, 0.5) is 0 Å². The molecule has 0 N–H and O–H groups in total. The zero-order valence-electron chi connectivity index (χ0n) is 9.03. The van der Waals surface area contributed by atoms with Crippen LogP contribution in [0, 0.1) is 11.3 Å². The molecule has 0 amide bonds. The highest BCUT2D eigenvalue weighted by molar-refractivity contribution is 4.86. The predicted molar refractivity (Wildman–Crippen MR) is 55.3 cm³/mol. The molecule has 1 fully saturated rings. The van der Waals surface area contributed by atoms with Gasteiger partial charge >= 0.3 is 0 Å². The van der Waals surface area contributed by atoms with E-state index in [1.165, 1.54) is 44.9 Å². The Balaban J connectivity index is 2.41. The third kappa shape index (κ3) is 2.24. The molecule has 0 spiro atoms. The van der Waals surface area contributed by atoms with E-state index in [2.05, 4.69) is 20.8 Å². The van der Waals surface area contributed by atoms with Crippen molar-refractivity contribution >= 4 is 0 Å². The van der Waals surface area contributed by atoms with E-state index in [9.17, 15) is 0 Å². The maximum atomic E-state index is 2.42. The fourth-order valence-corrected chi connectivity index (χ4v) is 2.77. The Morgan fingerprint density at radius 2 is 2.08 bits per heavy atom. The first kappa shape index (κ1) is 10.1. The van der Waals surface area contributed by atoms with Gasteiger partial charge in [-0.05, 0) is 30.6 Å². The summed E-state index contributed by atoms with van der Waals surface area (Å²) in [4.78, 5) is 0. The summed E-state index contributed by atoms with van der Waals surface area (Å²) in [6, 6.07) is 0. The van der Waals surface area contributed by atoms with Gasteiger partial charge in [-0.25, -0.2) is 0 Å². The molecule has 1 aliphatic rings. The second kappa shape index (κ2) is 4.30. The molecule has 1 saturated carbocycles. The first-order valence-electron chi connectivity index (χ1n) is 5.72. The minimum absolute atomic E-state index is 0.759. The normalized spacial score (nSPS) is 35.8. The van der Waals surface area contributed by atoms with Crippen LogP contribution in [-0.4, -0.2) is 0 Å². The Labute approximate surface area is 77.7 Å². The van der Waals surface area contributed by atoms with Gasteiger partial charge in [0.15, 0.2) is 0 Å². The summed E-state index contributed by atoms with van der Waals surface area (Å²) in [7, 11) is 0. The van der Waals surface area contributed by atoms with Crippen molar-refractivity contribution in [2.45, 2.75) is 65.7 Å². The summed E-state index contributed by atoms with van der Waals surface area (Å²) in [5.41, 5.74) is 0.759. The van der Waals surface area contributed by atoms with E-state index >= 15 is 0 Å². The Hall–Kier alpha value is 0. The Morgan fingerprint density at radius 1 is 1.33 bits per heavy atom.